The van der Waals surface area contributed by atoms with Crippen LogP contribution in [0.2, 0.25) is 5.02 Å². The standard InChI is InChI=1S/C19H17ClN4O/c20-14-5-3-13(4-6-14)17-16(22-15-2-1-9-21-24(15)17)18(25)23-19-8-7-12(10-19)11-19/h1-6,9,12H,7-8,10-11H2,(H,23,25). The lowest BCUT2D eigenvalue weighted by Gasteiger charge is -2.39. The molecule has 25 heavy (non-hydrogen) atoms. The molecule has 6 rings (SSSR count). The molecule has 0 aliphatic heterocycles. The van der Waals surface area contributed by atoms with Gasteiger partial charge < -0.3 is 5.32 Å². The van der Waals surface area contributed by atoms with Crippen LogP contribution in [0.4, 0.5) is 0 Å². The Morgan fingerprint density at radius 3 is 2.76 bits per heavy atom. The first-order valence-electron chi connectivity index (χ1n) is 8.56. The Kier molecular flexibility index (Phi) is 3.16. The molecule has 2 bridgehead atoms. The molecule has 2 heterocycles. The maximum Gasteiger partial charge on any atom is 0.272 e. The topological polar surface area (TPSA) is 59.3 Å². The van der Waals surface area contributed by atoms with Crippen LogP contribution in [0.25, 0.3) is 16.9 Å². The number of nitrogens with zero attached hydrogens (tertiary/aromatic N) is 3. The van der Waals surface area contributed by atoms with Crippen molar-refractivity contribution in [3.63, 3.8) is 0 Å². The van der Waals surface area contributed by atoms with E-state index >= 15 is 0 Å². The van der Waals surface area contributed by atoms with Crippen molar-refractivity contribution in [2.24, 2.45) is 5.92 Å². The van der Waals surface area contributed by atoms with E-state index in [9.17, 15) is 4.79 Å². The highest BCUT2D eigenvalue weighted by Gasteiger charge is 2.51. The van der Waals surface area contributed by atoms with Crippen LogP contribution in [0.1, 0.15) is 36.2 Å². The summed E-state index contributed by atoms with van der Waals surface area (Å²) in [6, 6.07) is 11.1. The van der Waals surface area contributed by atoms with E-state index in [2.05, 4.69) is 15.4 Å². The predicted octanol–water partition coefficient (Wildman–Crippen LogP) is 3.72. The molecule has 0 saturated heterocycles. The van der Waals surface area contributed by atoms with Crippen LogP contribution in [-0.4, -0.2) is 26.0 Å². The molecule has 0 unspecified atom stereocenters. The maximum absolute atomic E-state index is 13.0. The minimum absolute atomic E-state index is 0.0117. The van der Waals surface area contributed by atoms with Crippen LogP contribution in [0.5, 0.6) is 0 Å². The Balaban J connectivity index is 1.60. The van der Waals surface area contributed by atoms with E-state index in [0.29, 0.717) is 22.1 Å². The van der Waals surface area contributed by atoms with Crippen LogP contribution < -0.4 is 5.32 Å². The Labute approximate surface area is 150 Å². The van der Waals surface area contributed by atoms with Crippen molar-refractivity contribution in [3.05, 3.63) is 53.3 Å². The van der Waals surface area contributed by atoms with Gasteiger partial charge in [-0.2, -0.15) is 5.10 Å². The number of fused-ring (bicyclic) bond motifs is 2. The van der Waals surface area contributed by atoms with E-state index in [-0.39, 0.29) is 11.4 Å². The number of hydrogen-bond acceptors (Lipinski definition) is 3. The lowest BCUT2D eigenvalue weighted by atomic mass is 9.77. The summed E-state index contributed by atoms with van der Waals surface area (Å²) in [6.07, 6.45) is 6.19. The van der Waals surface area contributed by atoms with Crippen molar-refractivity contribution in [1.29, 1.82) is 0 Å². The second kappa shape index (κ2) is 5.30. The molecule has 3 fully saturated rings. The van der Waals surface area contributed by atoms with E-state index in [0.717, 1.165) is 30.7 Å². The Bertz CT molecular complexity index is 967. The predicted molar refractivity (Wildman–Crippen MR) is 95.6 cm³/mol. The average Bonchev–Trinajstić information content (AvgIpc) is 3.27. The molecule has 3 aliphatic carbocycles. The van der Waals surface area contributed by atoms with Gasteiger partial charge in [-0.05, 0) is 55.9 Å². The van der Waals surface area contributed by atoms with Crippen LogP contribution in [0.15, 0.2) is 42.6 Å². The SMILES string of the molecule is O=C(NC12CCC(C1)C2)c1nc2cccnn2c1-c1ccc(Cl)cc1. The monoisotopic (exact) mass is 352 g/mol. The maximum atomic E-state index is 13.0. The van der Waals surface area contributed by atoms with Gasteiger partial charge in [0.15, 0.2) is 11.3 Å². The molecule has 0 atom stereocenters. The molecule has 1 amide bonds. The van der Waals surface area contributed by atoms with Gasteiger partial charge >= 0.3 is 0 Å². The van der Waals surface area contributed by atoms with Gasteiger partial charge in [0.05, 0.1) is 0 Å². The zero-order chi connectivity index (χ0) is 17.0. The number of hydrogen-bond donors (Lipinski definition) is 1. The van der Waals surface area contributed by atoms with Crippen LogP contribution >= 0.6 is 11.6 Å². The summed E-state index contributed by atoms with van der Waals surface area (Å²) in [5.41, 5.74) is 2.65. The Morgan fingerprint density at radius 1 is 1.24 bits per heavy atom. The Morgan fingerprint density at radius 2 is 2.04 bits per heavy atom. The molecule has 126 valence electrons. The molecule has 6 heteroatoms. The fraction of sp³-hybridized carbons (Fsp3) is 0.316. The first kappa shape index (κ1) is 14.9. The molecule has 0 spiro atoms. The van der Waals surface area contributed by atoms with Gasteiger partial charge in [-0.3, -0.25) is 4.79 Å². The smallest absolute Gasteiger partial charge is 0.272 e. The highest BCUT2D eigenvalue weighted by molar-refractivity contribution is 6.30. The zero-order valence-corrected chi connectivity index (χ0v) is 14.3. The first-order valence-corrected chi connectivity index (χ1v) is 8.94. The number of carbonyl (C=O) groups is 1. The average molecular weight is 353 g/mol. The summed E-state index contributed by atoms with van der Waals surface area (Å²) in [7, 11) is 0. The third-order valence-electron chi connectivity index (χ3n) is 5.49. The first-order chi connectivity index (χ1) is 12.1. The summed E-state index contributed by atoms with van der Waals surface area (Å²) in [5, 5.41) is 8.29. The van der Waals surface area contributed by atoms with Crippen molar-refractivity contribution in [2.45, 2.75) is 31.2 Å². The van der Waals surface area contributed by atoms with Crippen molar-refractivity contribution in [3.8, 4) is 11.3 Å². The summed E-state index contributed by atoms with van der Waals surface area (Å²) in [6.45, 7) is 0. The van der Waals surface area contributed by atoms with Gasteiger partial charge in [-0.15, -0.1) is 0 Å². The van der Waals surface area contributed by atoms with Crippen LogP contribution in [-0.2, 0) is 0 Å². The number of carbonyl (C=O) groups excluding carboxylic acids is 1. The molecule has 2 aromatic heterocycles. The molecule has 3 saturated carbocycles. The van der Waals surface area contributed by atoms with E-state index in [1.165, 1.54) is 6.42 Å². The lowest BCUT2D eigenvalue weighted by Crippen LogP contribution is -2.51. The van der Waals surface area contributed by atoms with E-state index in [1.807, 2.05) is 36.4 Å². The Hall–Kier alpha value is -2.40. The number of imidazole rings is 1. The van der Waals surface area contributed by atoms with Crippen molar-refractivity contribution in [1.82, 2.24) is 19.9 Å². The van der Waals surface area contributed by atoms with Crippen molar-refractivity contribution >= 4 is 23.2 Å². The number of aromatic nitrogens is 3. The van der Waals surface area contributed by atoms with E-state index in [1.54, 1.807) is 10.7 Å². The molecule has 1 aromatic carbocycles. The van der Waals surface area contributed by atoms with E-state index < -0.39 is 0 Å². The minimum Gasteiger partial charge on any atom is -0.345 e. The highest BCUT2D eigenvalue weighted by atomic mass is 35.5. The molecule has 5 nitrogen and oxygen atoms in total. The molecule has 1 N–H and O–H groups in total. The number of amides is 1. The second-order valence-corrected chi connectivity index (χ2v) is 7.59. The minimum atomic E-state index is -0.115. The van der Waals surface area contributed by atoms with Gasteiger partial charge in [0, 0.05) is 22.3 Å². The summed E-state index contributed by atoms with van der Waals surface area (Å²) in [4.78, 5) is 17.6. The largest absolute Gasteiger partial charge is 0.345 e. The van der Waals surface area contributed by atoms with Crippen molar-refractivity contribution < 1.29 is 4.79 Å². The summed E-state index contributed by atoms with van der Waals surface area (Å²) < 4.78 is 1.72. The van der Waals surface area contributed by atoms with Gasteiger partial charge in [-0.25, -0.2) is 9.50 Å². The number of rotatable bonds is 3. The second-order valence-electron chi connectivity index (χ2n) is 7.16. The van der Waals surface area contributed by atoms with Gasteiger partial charge in [0.25, 0.3) is 5.91 Å². The fourth-order valence-corrected chi connectivity index (χ4v) is 4.44. The molecule has 3 aliphatic rings. The third-order valence-corrected chi connectivity index (χ3v) is 5.75. The quantitative estimate of drug-likeness (QED) is 0.781. The lowest BCUT2D eigenvalue weighted by molar-refractivity contribution is 0.0836. The number of halogens is 1. The number of benzene rings is 1. The van der Waals surface area contributed by atoms with Gasteiger partial charge in [0.2, 0.25) is 0 Å². The zero-order valence-electron chi connectivity index (χ0n) is 13.6. The molecular weight excluding hydrogens is 336 g/mol. The van der Waals surface area contributed by atoms with Crippen molar-refractivity contribution in [2.75, 3.05) is 0 Å². The molecule has 0 radical (unpaired) electrons. The highest BCUT2D eigenvalue weighted by Crippen LogP contribution is 2.51. The number of nitrogens with one attached hydrogen (secondary N) is 1. The third kappa shape index (κ3) is 2.34. The van der Waals surface area contributed by atoms with E-state index in [4.69, 9.17) is 11.6 Å². The summed E-state index contributed by atoms with van der Waals surface area (Å²) in [5.74, 6) is 0.676. The molecular formula is C19H17ClN4O. The van der Waals surface area contributed by atoms with Gasteiger partial charge in [0.1, 0.15) is 5.69 Å². The molecule has 3 aromatic rings. The van der Waals surface area contributed by atoms with Crippen LogP contribution in [0, 0.1) is 5.92 Å². The summed E-state index contributed by atoms with van der Waals surface area (Å²) >= 11 is 6.01. The fourth-order valence-electron chi connectivity index (χ4n) is 4.31. The van der Waals surface area contributed by atoms with Gasteiger partial charge in [-0.1, -0.05) is 23.7 Å². The normalized spacial score (nSPS) is 24.3. The van der Waals surface area contributed by atoms with Crippen LogP contribution in [0.3, 0.4) is 0 Å².